The second kappa shape index (κ2) is 4.24. The minimum absolute atomic E-state index is 0.130. The van der Waals surface area contributed by atoms with Crippen LogP contribution in [0.2, 0.25) is 0 Å². The molecule has 2 N–H and O–H groups in total. The predicted octanol–water partition coefficient (Wildman–Crippen LogP) is 2.41. The van der Waals surface area contributed by atoms with Crippen molar-refractivity contribution in [2.24, 2.45) is 0 Å². The molecule has 1 atom stereocenters. The van der Waals surface area contributed by atoms with Crippen LogP contribution in [0.4, 0.5) is 0 Å². The maximum absolute atomic E-state index is 9.51. The minimum atomic E-state index is -0.304. The largest absolute Gasteiger partial charge is 0.394 e. The summed E-state index contributed by atoms with van der Waals surface area (Å²) in [6, 6.07) is 8.71. The van der Waals surface area contributed by atoms with Crippen molar-refractivity contribution in [3.05, 3.63) is 34.3 Å². The SMILES string of the molecule is CC(CO)(NC1CC1)c1ccc(Br)cc1. The third-order valence-electron chi connectivity index (χ3n) is 2.90. The Morgan fingerprint density at radius 3 is 2.47 bits per heavy atom. The Morgan fingerprint density at radius 2 is 2.00 bits per heavy atom. The van der Waals surface area contributed by atoms with E-state index in [9.17, 15) is 5.11 Å². The minimum Gasteiger partial charge on any atom is -0.394 e. The van der Waals surface area contributed by atoms with Crippen LogP contribution in [-0.2, 0) is 5.54 Å². The summed E-state index contributed by atoms with van der Waals surface area (Å²) in [7, 11) is 0. The van der Waals surface area contributed by atoms with Gasteiger partial charge in [-0.25, -0.2) is 0 Å². The Hall–Kier alpha value is -0.380. The molecular weight excluding hydrogens is 254 g/mol. The monoisotopic (exact) mass is 269 g/mol. The zero-order valence-electron chi connectivity index (χ0n) is 8.83. The molecule has 0 spiro atoms. The Morgan fingerprint density at radius 1 is 1.40 bits per heavy atom. The van der Waals surface area contributed by atoms with Crippen molar-refractivity contribution in [3.8, 4) is 0 Å². The molecule has 3 heteroatoms. The average molecular weight is 270 g/mol. The molecule has 0 aromatic heterocycles. The molecule has 0 amide bonds. The standard InChI is InChI=1S/C12H16BrNO/c1-12(8-15,14-11-6-7-11)9-2-4-10(13)5-3-9/h2-5,11,14-15H,6-8H2,1H3. The summed E-state index contributed by atoms with van der Waals surface area (Å²) in [6.45, 7) is 2.18. The van der Waals surface area contributed by atoms with Gasteiger partial charge in [-0.3, -0.25) is 0 Å². The number of rotatable bonds is 4. The molecule has 0 radical (unpaired) electrons. The van der Waals surface area contributed by atoms with Crippen LogP contribution in [-0.4, -0.2) is 17.8 Å². The van der Waals surface area contributed by atoms with Gasteiger partial charge in [0.15, 0.2) is 0 Å². The van der Waals surface area contributed by atoms with Gasteiger partial charge in [-0.15, -0.1) is 0 Å². The van der Waals surface area contributed by atoms with Crippen LogP contribution in [0.5, 0.6) is 0 Å². The molecule has 0 aliphatic heterocycles. The molecule has 1 unspecified atom stereocenters. The van der Waals surface area contributed by atoms with E-state index in [1.807, 2.05) is 12.1 Å². The summed E-state index contributed by atoms with van der Waals surface area (Å²) in [5, 5.41) is 13.0. The number of benzene rings is 1. The summed E-state index contributed by atoms with van der Waals surface area (Å²) in [5.74, 6) is 0. The highest BCUT2D eigenvalue weighted by Gasteiger charge is 2.33. The first kappa shape index (κ1) is 11.1. The van der Waals surface area contributed by atoms with Crippen LogP contribution < -0.4 is 5.32 Å². The number of aliphatic hydroxyl groups excluding tert-OH is 1. The van der Waals surface area contributed by atoms with Gasteiger partial charge in [0.25, 0.3) is 0 Å². The Bertz CT molecular complexity index is 334. The molecule has 2 rings (SSSR count). The molecule has 0 saturated heterocycles. The fourth-order valence-electron chi connectivity index (χ4n) is 1.72. The van der Waals surface area contributed by atoms with Crippen LogP contribution in [0.25, 0.3) is 0 Å². The predicted molar refractivity (Wildman–Crippen MR) is 64.7 cm³/mol. The van der Waals surface area contributed by atoms with E-state index in [0.29, 0.717) is 6.04 Å². The van der Waals surface area contributed by atoms with Gasteiger partial charge in [-0.05, 0) is 37.5 Å². The molecule has 1 aromatic carbocycles. The topological polar surface area (TPSA) is 32.3 Å². The van der Waals surface area contributed by atoms with Crippen molar-refractivity contribution in [3.63, 3.8) is 0 Å². The fraction of sp³-hybridized carbons (Fsp3) is 0.500. The summed E-state index contributed by atoms with van der Waals surface area (Å²) < 4.78 is 1.07. The summed E-state index contributed by atoms with van der Waals surface area (Å²) in [4.78, 5) is 0. The van der Waals surface area contributed by atoms with Gasteiger partial charge in [-0.2, -0.15) is 0 Å². The number of aliphatic hydroxyl groups is 1. The first-order valence-corrected chi connectivity index (χ1v) is 6.08. The number of hydrogen-bond acceptors (Lipinski definition) is 2. The Balaban J connectivity index is 2.19. The van der Waals surface area contributed by atoms with Gasteiger partial charge in [0, 0.05) is 10.5 Å². The molecule has 82 valence electrons. The lowest BCUT2D eigenvalue weighted by Crippen LogP contribution is -2.44. The van der Waals surface area contributed by atoms with Crippen molar-refractivity contribution in [1.82, 2.24) is 5.32 Å². The molecule has 1 aromatic rings. The third-order valence-corrected chi connectivity index (χ3v) is 3.43. The smallest absolute Gasteiger partial charge is 0.0652 e. The van der Waals surface area contributed by atoms with E-state index < -0.39 is 0 Å². The van der Waals surface area contributed by atoms with Crippen LogP contribution in [0.15, 0.2) is 28.7 Å². The molecule has 0 heterocycles. The first-order chi connectivity index (χ1) is 7.14. The molecular formula is C12H16BrNO. The van der Waals surface area contributed by atoms with Gasteiger partial charge in [0.2, 0.25) is 0 Å². The third kappa shape index (κ3) is 2.60. The van der Waals surface area contributed by atoms with E-state index in [2.05, 4.69) is 40.3 Å². The molecule has 1 fully saturated rings. The van der Waals surface area contributed by atoms with Gasteiger partial charge in [-0.1, -0.05) is 28.1 Å². The lowest BCUT2D eigenvalue weighted by molar-refractivity contribution is 0.173. The zero-order valence-corrected chi connectivity index (χ0v) is 10.4. The van der Waals surface area contributed by atoms with E-state index >= 15 is 0 Å². The van der Waals surface area contributed by atoms with Gasteiger partial charge < -0.3 is 10.4 Å². The van der Waals surface area contributed by atoms with Crippen LogP contribution in [0.1, 0.15) is 25.3 Å². The van der Waals surface area contributed by atoms with Gasteiger partial charge in [0.1, 0.15) is 0 Å². The lowest BCUT2D eigenvalue weighted by atomic mass is 9.93. The number of halogens is 1. The second-order valence-corrected chi connectivity index (χ2v) is 5.33. The fourth-order valence-corrected chi connectivity index (χ4v) is 1.98. The quantitative estimate of drug-likeness (QED) is 0.880. The molecule has 1 aliphatic rings. The molecule has 2 nitrogen and oxygen atoms in total. The van der Waals surface area contributed by atoms with E-state index in [1.54, 1.807) is 0 Å². The van der Waals surface area contributed by atoms with E-state index in [4.69, 9.17) is 0 Å². The molecule has 15 heavy (non-hydrogen) atoms. The zero-order chi connectivity index (χ0) is 10.9. The van der Waals surface area contributed by atoms with Crippen molar-refractivity contribution in [2.45, 2.75) is 31.3 Å². The molecule has 1 saturated carbocycles. The van der Waals surface area contributed by atoms with Crippen molar-refractivity contribution in [2.75, 3.05) is 6.61 Å². The molecule has 0 bridgehead atoms. The lowest BCUT2D eigenvalue weighted by Gasteiger charge is -2.29. The highest BCUT2D eigenvalue weighted by Crippen LogP contribution is 2.28. The normalized spacial score (nSPS) is 19.9. The summed E-state index contributed by atoms with van der Waals surface area (Å²) in [5.41, 5.74) is 0.835. The Labute approximate surface area is 98.8 Å². The molecule has 1 aliphatic carbocycles. The summed E-state index contributed by atoms with van der Waals surface area (Å²) in [6.07, 6.45) is 2.46. The highest BCUT2D eigenvalue weighted by atomic mass is 79.9. The van der Waals surface area contributed by atoms with Crippen LogP contribution >= 0.6 is 15.9 Å². The first-order valence-electron chi connectivity index (χ1n) is 5.29. The van der Waals surface area contributed by atoms with Crippen LogP contribution in [0.3, 0.4) is 0 Å². The number of hydrogen-bond donors (Lipinski definition) is 2. The maximum Gasteiger partial charge on any atom is 0.0652 e. The van der Waals surface area contributed by atoms with Gasteiger partial charge >= 0.3 is 0 Å². The summed E-state index contributed by atoms with van der Waals surface area (Å²) >= 11 is 3.41. The Kier molecular flexibility index (Phi) is 3.14. The highest BCUT2D eigenvalue weighted by molar-refractivity contribution is 9.10. The second-order valence-electron chi connectivity index (χ2n) is 4.42. The van der Waals surface area contributed by atoms with Gasteiger partial charge in [0.05, 0.1) is 12.1 Å². The maximum atomic E-state index is 9.51. The van der Waals surface area contributed by atoms with E-state index in [-0.39, 0.29) is 12.1 Å². The van der Waals surface area contributed by atoms with E-state index in [0.717, 1.165) is 10.0 Å². The van der Waals surface area contributed by atoms with E-state index in [1.165, 1.54) is 12.8 Å². The average Bonchev–Trinajstić information content (AvgIpc) is 3.02. The van der Waals surface area contributed by atoms with Crippen molar-refractivity contribution < 1.29 is 5.11 Å². The number of nitrogens with one attached hydrogen (secondary N) is 1. The van der Waals surface area contributed by atoms with Crippen molar-refractivity contribution >= 4 is 15.9 Å². The van der Waals surface area contributed by atoms with Crippen molar-refractivity contribution in [1.29, 1.82) is 0 Å². The van der Waals surface area contributed by atoms with Crippen LogP contribution in [0, 0.1) is 0 Å².